The van der Waals surface area contributed by atoms with Crippen LogP contribution >= 0.6 is 0 Å². The standard InChI is InChI=1S/C34H55N3O9/c1-4-5-6-7-8-9-10-11-12-13-23-42-26-34-31(45-33(2,3)46-34)30(29(44-34)15-14-20-36-21-24-41-25-22-36)43-32(38)35-27-16-18-28(19-17-27)37(39)40/h16-19,29-31H,4-15,20-26H2,1-3H3,(H,35,38)/t29-,30+,31-,34-/m0/s1. The molecule has 0 aromatic heterocycles. The van der Waals surface area contributed by atoms with Crippen molar-refractivity contribution in [1.82, 2.24) is 4.90 Å². The second-order valence-electron chi connectivity index (χ2n) is 13.1. The number of ether oxygens (including phenoxy) is 6. The molecular formula is C34H55N3O9. The van der Waals surface area contributed by atoms with Gasteiger partial charge in [-0.2, -0.15) is 0 Å². The lowest BCUT2D eigenvalue weighted by atomic mass is 10.0. The minimum atomic E-state index is -1.20. The molecule has 4 rings (SSSR count). The normalized spacial score (nSPS) is 25.8. The Kier molecular flexibility index (Phi) is 14.5. The van der Waals surface area contributed by atoms with E-state index in [1.54, 1.807) is 0 Å². The zero-order valence-electron chi connectivity index (χ0n) is 28.0. The molecule has 1 N–H and O–H groups in total. The Bertz CT molecular complexity index is 1070. The van der Waals surface area contributed by atoms with Crippen LogP contribution in [0.1, 0.15) is 97.8 Å². The summed E-state index contributed by atoms with van der Waals surface area (Å²) in [6.07, 6.45) is 11.4. The van der Waals surface area contributed by atoms with Gasteiger partial charge in [0, 0.05) is 37.5 Å². The van der Waals surface area contributed by atoms with Crippen LogP contribution in [-0.2, 0) is 28.4 Å². The average Bonchev–Trinajstić information content (AvgIpc) is 3.44. The van der Waals surface area contributed by atoms with E-state index in [9.17, 15) is 14.9 Å². The van der Waals surface area contributed by atoms with E-state index in [2.05, 4.69) is 17.1 Å². The monoisotopic (exact) mass is 649 g/mol. The molecule has 0 radical (unpaired) electrons. The first-order valence-electron chi connectivity index (χ1n) is 17.4. The van der Waals surface area contributed by atoms with E-state index >= 15 is 0 Å². The van der Waals surface area contributed by atoms with E-state index < -0.39 is 40.9 Å². The fourth-order valence-corrected chi connectivity index (χ4v) is 6.51. The molecule has 46 heavy (non-hydrogen) atoms. The number of carbonyl (C=O) groups excluding carboxylic acids is 1. The van der Waals surface area contributed by atoms with Crippen LogP contribution in [0, 0.1) is 10.1 Å². The number of nitrogens with one attached hydrogen (secondary N) is 1. The molecule has 3 aliphatic heterocycles. The summed E-state index contributed by atoms with van der Waals surface area (Å²) >= 11 is 0. The summed E-state index contributed by atoms with van der Waals surface area (Å²) in [7, 11) is 0. The van der Waals surface area contributed by atoms with Crippen molar-refractivity contribution in [1.29, 1.82) is 0 Å². The average molecular weight is 650 g/mol. The number of anilines is 1. The molecule has 4 atom stereocenters. The van der Waals surface area contributed by atoms with Gasteiger partial charge >= 0.3 is 6.09 Å². The molecule has 3 fully saturated rings. The largest absolute Gasteiger partial charge is 0.440 e. The van der Waals surface area contributed by atoms with E-state index in [1.807, 2.05) is 13.8 Å². The molecule has 0 aliphatic carbocycles. The van der Waals surface area contributed by atoms with Crippen LogP contribution < -0.4 is 5.32 Å². The Morgan fingerprint density at radius 2 is 1.63 bits per heavy atom. The zero-order valence-corrected chi connectivity index (χ0v) is 28.0. The lowest BCUT2D eigenvalue weighted by molar-refractivity contribution is -0.384. The minimum Gasteiger partial charge on any atom is -0.440 e. The van der Waals surface area contributed by atoms with Crippen LogP contribution in [-0.4, -0.2) is 91.9 Å². The number of benzene rings is 1. The summed E-state index contributed by atoms with van der Waals surface area (Å²) in [6, 6.07) is 5.59. The summed E-state index contributed by atoms with van der Waals surface area (Å²) in [5.74, 6) is -2.16. The molecule has 260 valence electrons. The summed E-state index contributed by atoms with van der Waals surface area (Å²) in [6.45, 7) is 10.8. The van der Waals surface area contributed by atoms with Gasteiger partial charge in [-0.05, 0) is 51.8 Å². The third-order valence-electron chi connectivity index (χ3n) is 8.86. The number of unbranched alkanes of at least 4 members (excludes halogenated alkanes) is 9. The molecule has 1 aromatic carbocycles. The van der Waals surface area contributed by atoms with Crippen LogP contribution in [0.2, 0.25) is 0 Å². The van der Waals surface area contributed by atoms with Crippen molar-refractivity contribution in [3.63, 3.8) is 0 Å². The molecule has 1 aromatic rings. The van der Waals surface area contributed by atoms with Crippen molar-refractivity contribution in [3.05, 3.63) is 34.4 Å². The highest BCUT2D eigenvalue weighted by molar-refractivity contribution is 5.84. The highest BCUT2D eigenvalue weighted by Gasteiger charge is 2.66. The highest BCUT2D eigenvalue weighted by Crippen LogP contribution is 2.47. The van der Waals surface area contributed by atoms with Gasteiger partial charge in [0.25, 0.3) is 5.69 Å². The quantitative estimate of drug-likeness (QED) is 0.0913. The molecule has 3 aliphatic rings. The molecular weight excluding hydrogens is 594 g/mol. The number of amides is 1. The number of morpholine rings is 1. The van der Waals surface area contributed by atoms with E-state index in [1.165, 1.54) is 75.6 Å². The van der Waals surface area contributed by atoms with Gasteiger partial charge in [-0.3, -0.25) is 20.3 Å². The van der Waals surface area contributed by atoms with Gasteiger partial charge in [-0.1, -0.05) is 64.7 Å². The van der Waals surface area contributed by atoms with E-state index in [-0.39, 0.29) is 12.3 Å². The number of carbonyl (C=O) groups is 1. The smallest absolute Gasteiger partial charge is 0.412 e. The topological polar surface area (TPSA) is 131 Å². The number of hydrogen-bond acceptors (Lipinski definition) is 10. The van der Waals surface area contributed by atoms with Gasteiger partial charge < -0.3 is 28.4 Å². The molecule has 12 nitrogen and oxygen atoms in total. The Morgan fingerprint density at radius 1 is 0.978 bits per heavy atom. The Hall–Kier alpha value is -2.35. The predicted molar refractivity (Wildman–Crippen MR) is 174 cm³/mol. The van der Waals surface area contributed by atoms with E-state index in [0.29, 0.717) is 18.7 Å². The summed E-state index contributed by atoms with van der Waals surface area (Å²) in [5, 5.41) is 13.7. The lowest BCUT2D eigenvalue weighted by Gasteiger charge is -2.29. The Morgan fingerprint density at radius 3 is 2.28 bits per heavy atom. The number of nitro groups is 1. The molecule has 0 bridgehead atoms. The van der Waals surface area contributed by atoms with Gasteiger partial charge in [0.2, 0.25) is 5.79 Å². The molecule has 3 saturated heterocycles. The van der Waals surface area contributed by atoms with Crippen LogP contribution in [0.3, 0.4) is 0 Å². The number of fused-ring (bicyclic) bond motifs is 1. The summed E-state index contributed by atoms with van der Waals surface area (Å²) < 4.78 is 36.9. The molecule has 0 spiro atoms. The molecule has 1 amide bonds. The van der Waals surface area contributed by atoms with Gasteiger partial charge in [-0.25, -0.2) is 4.79 Å². The van der Waals surface area contributed by atoms with Crippen LogP contribution in [0.4, 0.5) is 16.2 Å². The SMILES string of the molecule is CCCCCCCCCCCCOC[C@@]12O[C@@H](CCCN3CCOCC3)[C@@H](OC(=O)Nc3ccc([N+](=O)[O-])cc3)[C@@H]1OC(C)(C)O2. The number of nitrogens with zero attached hydrogens (tertiary/aromatic N) is 2. The molecule has 0 unspecified atom stereocenters. The van der Waals surface area contributed by atoms with Gasteiger partial charge in [0.05, 0.1) is 18.1 Å². The highest BCUT2D eigenvalue weighted by atomic mass is 16.9. The third kappa shape index (κ3) is 11.1. The van der Waals surface area contributed by atoms with E-state index in [0.717, 1.165) is 52.1 Å². The van der Waals surface area contributed by atoms with Gasteiger partial charge in [0.1, 0.15) is 12.7 Å². The maximum Gasteiger partial charge on any atom is 0.412 e. The number of non-ortho nitro benzene ring substituents is 1. The summed E-state index contributed by atoms with van der Waals surface area (Å²) in [4.78, 5) is 26.0. The second kappa shape index (κ2) is 18.3. The van der Waals surface area contributed by atoms with Crippen LogP contribution in [0.15, 0.2) is 24.3 Å². The van der Waals surface area contributed by atoms with Gasteiger partial charge in [0.15, 0.2) is 18.0 Å². The first kappa shape index (κ1) is 36.5. The fraction of sp³-hybridized carbons (Fsp3) is 0.794. The maximum atomic E-state index is 13.1. The Labute approximate surface area is 273 Å². The van der Waals surface area contributed by atoms with E-state index in [4.69, 9.17) is 28.4 Å². The summed E-state index contributed by atoms with van der Waals surface area (Å²) in [5.41, 5.74) is 0.318. The van der Waals surface area contributed by atoms with Gasteiger partial charge in [-0.15, -0.1) is 0 Å². The molecule has 12 heteroatoms. The van der Waals surface area contributed by atoms with Crippen molar-refractivity contribution in [2.45, 2.75) is 128 Å². The lowest BCUT2D eigenvalue weighted by Crippen LogP contribution is -2.46. The fourth-order valence-electron chi connectivity index (χ4n) is 6.51. The number of nitro benzene ring substituents is 1. The van der Waals surface area contributed by atoms with Crippen LogP contribution in [0.25, 0.3) is 0 Å². The molecule has 3 heterocycles. The Balaban J connectivity index is 1.32. The maximum absolute atomic E-state index is 13.1. The molecule has 0 saturated carbocycles. The minimum absolute atomic E-state index is 0.0650. The second-order valence-corrected chi connectivity index (χ2v) is 13.1. The van der Waals surface area contributed by atoms with Crippen LogP contribution in [0.5, 0.6) is 0 Å². The van der Waals surface area contributed by atoms with Crippen molar-refractivity contribution < 1.29 is 38.1 Å². The zero-order chi connectivity index (χ0) is 32.8. The van der Waals surface area contributed by atoms with Crippen molar-refractivity contribution in [2.24, 2.45) is 0 Å². The number of hydrogen-bond donors (Lipinski definition) is 1. The van der Waals surface area contributed by atoms with Crippen molar-refractivity contribution in [3.8, 4) is 0 Å². The first-order valence-corrected chi connectivity index (χ1v) is 17.4. The third-order valence-corrected chi connectivity index (χ3v) is 8.86. The first-order chi connectivity index (χ1) is 22.2. The van der Waals surface area contributed by atoms with Crippen molar-refractivity contribution in [2.75, 3.05) is 51.4 Å². The number of rotatable bonds is 20. The predicted octanol–water partition coefficient (Wildman–Crippen LogP) is 6.81. The van der Waals surface area contributed by atoms with Crippen molar-refractivity contribution >= 4 is 17.5 Å².